The van der Waals surface area contributed by atoms with Gasteiger partial charge in [-0.15, -0.1) is 24.0 Å². The topological polar surface area (TPSA) is 88.2 Å². The van der Waals surface area contributed by atoms with Gasteiger partial charge in [0, 0.05) is 50.6 Å². The van der Waals surface area contributed by atoms with Crippen molar-refractivity contribution in [1.29, 1.82) is 0 Å². The summed E-state index contributed by atoms with van der Waals surface area (Å²) in [6.45, 7) is 9.33. The molecule has 9 heteroatoms. The summed E-state index contributed by atoms with van der Waals surface area (Å²) in [5.41, 5.74) is 7.91. The first-order valence-electron chi connectivity index (χ1n) is 10.6. The fourth-order valence-corrected chi connectivity index (χ4v) is 3.60. The van der Waals surface area contributed by atoms with Crippen molar-refractivity contribution in [1.82, 2.24) is 9.88 Å². The van der Waals surface area contributed by atoms with E-state index in [9.17, 15) is 0 Å². The van der Waals surface area contributed by atoms with E-state index < -0.39 is 0 Å². The Morgan fingerprint density at radius 2 is 1.87 bits per heavy atom. The van der Waals surface area contributed by atoms with E-state index in [4.69, 9.17) is 15.2 Å². The number of aliphatic imine (C=N–C) groups is 1. The first-order chi connectivity index (χ1) is 14.7. The lowest BCUT2D eigenvalue weighted by Gasteiger charge is -2.34. The van der Waals surface area contributed by atoms with Crippen LogP contribution in [-0.4, -0.2) is 61.8 Å². The number of aromatic nitrogens is 1. The van der Waals surface area contributed by atoms with E-state index >= 15 is 0 Å². The Morgan fingerprint density at radius 1 is 1.10 bits per heavy atom. The Morgan fingerprint density at radius 3 is 2.58 bits per heavy atom. The van der Waals surface area contributed by atoms with E-state index in [0.29, 0.717) is 25.7 Å². The number of anilines is 2. The molecule has 1 fully saturated rings. The summed E-state index contributed by atoms with van der Waals surface area (Å²) in [5, 5.41) is 3.11. The van der Waals surface area contributed by atoms with Gasteiger partial charge in [0.05, 0.1) is 19.8 Å². The molecular formula is C22H31IN6O2. The van der Waals surface area contributed by atoms with E-state index in [1.165, 1.54) is 0 Å². The molecule has 3 N–H and O–H groups in total. The molecule has 31 heavy (non-hydrogen) atoms. The maximum absolute atomic E-state index is 6.07. The fourth-order valence-electron chi connectivity index (χ4n) is 3.60. The third kappa shape index (κ3) is 6.36. The molecule has 1 aromatic heterocycles. The summed E-state index contributed by atoms with van der Waals surface area (Å²) in [6, 6.07) is 9.82. The number of piperazine rings is 1. The quantitative estimate of drug-likeness (QED) is 0.344. The number of guanidine groups is 1. The zero-order chi connectivity index (χ0) is 20.8. The number of ether oxygens (including phenoxy) is 2. The standard InChI is InChI=1S/C22H30N6O2.HI/c1-2-27-8-10-28(11-9-27)21-7-4-17(15-24-21)16-25-22(23)26-18-5-6-19-20(14-18)30-13-3-12-29-19;/h4-7,14-15H,2-3,8-13,16H2,1H3,(H3,23,25,26);1H. The molecule has 3 heterocycles. The van der Waals surface area contributed by atoms with Gasteiger partial charge in [0.2, 0.25) is 0 Å². The Balaban J connectivity index is 0.00000272. The van der Waals surface area contributed by atoms with Gasteiger partial charge >= 0.3 is 0 Å². The number of hydrogen-bond donors (Lipinski definition) is 2. The lowest BCUT2D eigenvalue weighted by Crippen LogP contribution is -2.46. The first kappa shape index (κ1) is 23.4. The third-order valence-electron chi connectivity index (χ3n) is 5.40. The number of nitrogens with zero attached hydrogens (tertiary/aromatic N) is 4. The maximum atomic E-state index is 6.07. The van der Waals surface area contributed by atoms with Gasteiger partial charge in [0.25, 0.3) is 0 Å². The number of likely N-dealkylation sites (N-methyl/N-ethyl adjacent to an activating group) is 1. The van der Waals surface area contributed by atoms with Gasteiger partial charge < -0.3 is 30.3 Å². The summed E-state index contributed by atoms with van der Waals surface area (Å²) in [7, 11) is 0. The molecule has 2 aliphatic heterocycles. The van der Waals surface area contributed by atoms with E-state index in [1.807, 2.05) is 24.4 Å². The average Bonchev–Trinajstić information content (AvgIpc) is 3.03. The molecule has 4 rings (SSSR count). The minimum atomic E-state index is 0. The summed E-state index contributed by atoms with van der Waals surface area (Å²) in [5.74, 6) is 2.86. The van der Waals surface area contributed by atoms with Crippen molar-refractivity contribution in [2.24, 2.45) is 10.7 Å². The second-order valence-electron chi connectivity index (χ2n) is 7.48. The summed E-state index contributed by atoms with van der Waals surface area (Å²) < 4.78 is 11.4. The van der Waals surface area contributed by atoms with Crippen LogP contribution in [0.5, 0.6) is 11.5 Å². The average molecular weight is 538 g/mol. The summed E-state index contributed by atoms with van der Waals surface area (Å²) in [4.78, 5) is 13.8. The fraction of sp³-hybridized carbons (Fsp3) is 0.455. The Bertz CT molecular complexity index is 869. The normalized spacial score (nSPS) is 16.9. The number of benzene rings is 1. The highest BCUT2D eigenvalue weighted by Crippen LogP contribution is 2.32. The number of nitrogens with two attached hydrogens (primary N) is 1. The molecular weight excluding hydrogens is 507 g/mol. The van der Waals surface area contributed by atoms with E-state index in [0.717, 1.165) is 67.7 Å². The van der Waals surface area contributed by atoms with E-state index in [-0.39, 0.29) is 24.0 Å². The first-order valence-corrected chi connectivity index (χ1v) is 10.6. The van der Waals surface area contributed by atoms with Crippen molar-refractivity contribution in [2.75, 3.05) is 56.2 Å². The highest BCUT2D eigenvalue weighted by molar-refractivity contribution is 14.0. The van der Waals surface area contributed by atoms with Crippen molar-refractivity contribution < 1.29 is 9.47 Å². The van der Waals surface area contributed by atoms with Crippen LogP contribution in [0.4, 0.5) is 11.5 Å². The van der Waals surface area contributed by atoms with Crippen molar-refractivity contribution in [2.45, 2.75) is 19.9 Å². The van der Waals surface area contributed by atoms with Crippen LogP contribution in [0.2, 0.25) is 0 Å². The van der Waals surface area contributed by atoms with Gasteiger partial charge in [-0.3, -0.25) is 0 Å². The molecule has 0 radical (unpaired) electrons. The predicted octanol–water partition coefficient (Wildman–Crippen LogP) is 2.93. The monoisotopic (exact) mass is 538 g/mol. The number of nitrogens with one attached hydrogen (secondary N) is 1. The van der Waals surface area contributed by atoms with E-state index in [2.05, 4.69) is 44.1 Å². The molecule has 1 saturated heterocycles. The molecule has 0 bridgehead atoms. The SMILES string of the molecule is CCN1CCN(c2ccc(CN=C(N)Nc3ccc4c(c3)OCCCO4)cn2)CC1.I. The van der Waals surface area contributed by atoms with Gasteiger partial charge in [-0.25, -0.2) is 9.98 Å². The molecule has 0 aliphatic carbocycles. The zero-order valence-corrected chi connectivity index (χ0v) is 20.2. The van der Waals surface area contributed by atoms with Gasteiger partial charge in [0.15, 0.2) is 17.5 Å². The van der Waals surface area contributed by atoms with Crippen molar-refractivity contribution in [3.05, 3.63) is 42.1 Å². The van der Waals surface area contributed by atoms with Crippen LogP contribution in [0.15, 0.2) is 41.5 Å². The lowest BCUT2D eigenvalue weighted by atomic mass is 10.2. The number of rotatable bonds is 5. The minimum absolute atomic E-state index is 0. The predicted molar refractivity (Wildman–Crippen MR) is 135 cm³/mol. The molecule has 0 atom stereocenters. The molecule has 1 aromatic carbocycles. The van der Waals surface area contributed by atoms with Gasteiger partial charge in [-0.2, -0.15) is 0 Å². The van der Waals surface area contributed by atoms with Crippen molar-refractivity contribution in [3.8, 4) is 11.5 Å². The van der Waals surface area contributed by atoms with E-state index in [1.54, 1.807) is 0 Å². The van der Waals surface area contributed by atoms with Crippen LogP contribution < -0.4 is 25.4 Å². The van der Waals surface area contributed by atoms with Crippen molar-refractivity contribution in [3.63, 3.8) is 0 Å². The minimum Gasteiger partial charge on any atom is -0.490 e. The second-order valence-corrected chi connectivity index (χ2v) is 7.48. The largest absolute Gasteiger partial charge is 0.490 e. The lowest BCUT2D eigenvalue weighted by molar-refractivity contribution is 0.270. The Hall–Kier alpha value is -2.27. The highest BCUT2D eigenvalue weighted by Gasteiger charge is 2.16. The van der Waals surface area contributed by atoms with Gasteiger partial charge in [0.1, 0.15) is 5.82 Å². The van der Waals surface area contributed by atoms with Crippen LogP contribution in [-0.2, 0) is 6.54 Å². The maximum Gasteiger partial charge on any atom is 0.193 e. The van der Waals surface area contributed by atoms with Crippen LogP contribution in [0.3, 0.4) is 0 Å². The molecule has 0 spiro atoms. The van der Waals surface area contributed by atoms with Crippen LogP contribution in [0.1, 0.15) is 18.9 Å². The smallest absolute Gasteiger partial charge is 0.193 e. The zero-order valence-electron chi connectivity index (χ0n) is 17.9. The Kier molecular flexibility index (Phi) is 8.59. The van der Waals surface area contributed by atoms with Gasteiger partial charge in [-0.05, 0) is 30.3 Å². The molecule has 168 valence electrons. The highest BCUT2D eigenvalue weighted by atomic mass is 127. The Labute approximate surface area is 200 Å². The molecule has 0 unspecified atom stereocenters. The third-order valence-corrected chi connectivity index (χ3v) is 5.40. The van der Waals surface area contributed by atoms with Crippen LogP contribution >= 0.6 is 24.0 Å². The summed E-state index contributed by atoms with van der Waals surface area (Å²) in [6.07, 6.45) is 2.76. The number of halogens is 1. The molecule has 0 amide bonds. The number of fused-ring (bicyclic) bond motifs is 1. The van der Waals surface area contributed by atoms with Gasteiger partial charge in [-0.1, -0.05) is 13.0 Å². The summed E-state index contributed by atoms with van der Waals surface area (Å²) >= 11 is 0. The van der Waals surface area contributed by atoms with Crippen LogP contribution in [0, 0.1) is 0 Å². The second kappa shape index (κ2) is 11.4. The number of hydrogen-bond acceptors (Lipinski definition) is 6. The van der Waals surface area contributed by atoms with Crippen molar-refractivity contribution >= 4 is 41.4 Å². The molecule has 2 aromatic rings. The molecule has 2 aliphatic rings. The molecule has 8 nitrogen and oxygen atoms in total. The number of pyridine rings is 1. The molecule has 0 saturated carbocycles. The van der Waals surface area contributed by atoms with Crippen LogP contribution in [0.25, 0.3) is 0 Å².